The molecule has 1 atom stereocenters. The molecule has 6 nitrogen and oxygen atoms in total. The van der Waals surface area contributed by atoms with Gasteiger partial charge in [-0.05, 0) is 12.8 Å². The van der Waals surface area contributed by atoms with Crippen LogP contribution in [0.2, 0.25) is 0 Å². The fourth-order valence-corrected chi connectivity index (χ4v) is 4.52. The molecule has 0 radical (unpaired) electrons. The summed E-state index contributed by atoms with van der Waals surface area (Å²) in [5.41, 5.74) is 0. The molecule has 1 aliphatic heterocycles. The summed E-state index contributed by atoms with van der Waals surface area (Å²) in [7, 11) is -1.19. The van der Waals surface area contributed by atoms with E-state index in [0.29, 0.717) is 18.9 Å². The van der Waals surface area contributed by atoms with Crippen molar-refractivity contribution in [3.63, 3.8) is 0 Å². The number of sulfone groups is 1. The maximum absolute atomic E-state index is 11.4. The number of guanidine groups is 1. The zero-order valence-electron chi connectivity index (χ0n) is 11.7. The second-order valence-corrected chi connectivity index (χ2v) is 8.17. The first-order valence-corrected chi connectivity index (χ1v) is 9.27. The topological polar surface area (TPSA) is 83.4 Å². The zero-order valence-corrected chi connectivity index (χ0v) is 13.4. The summed E-state index contributed by atoms with van der Waals surface area (Å²) in [5, 5.41) is 7.32. The Morgan fingerprint density at radius 3 is 2.95 bits per heavy atom. The molecule has 20 heavy (non-hydrogen) atoms. The van der Waals surface area contributed by atoms with Gasteiger partial charge in [0.15, 0.2) is 15.8 Å². The van der Waals surface area contributed by atoms with E-state index >= 15 is 0 Å². The number of aromatic nitrogens is 1. The van der Waals surface area contributed by atoms with E-state index in [1.807, 2.05) is 6.20 Å². The summed E-state index contributed by atoms with van der Waals surface area (Å²) < 4.78 is 22.8. The third kappa shape index (κ3) is 4.17. The molecular weight excluding hydrogens is 296 g/mol. The van der Waals surface area contributed by atoms with Crippen LogP contribution >= 0.6 is 11.3 Å². The van der Waals surface area contributed by atoms with Gasteiger partial charge in [-0.3, -0.25) is 4.99 Å². The van der Waals surface area contributed by atoms with E-state index in [0.717, 1.165) is 11.4 Å². The predicted octanol–water partition coefficient (Wildman–Crippen LogP) is 0.558. The Morgan fingerprint density at radius 1 is 1.60 bits per heavy atom. The third-order valence-corrected chi connectivity index (χ3v) is 6.06. The molecular formula is C12H20N4O2S2. The van der Waals surface area contributed by atoms with Gasteiger partial charge in [0.25, 0.3) is 0 Å². The Bertz CT molecular complexity index is 580. The normalized spacial score (nSPS) is 21.9. The largest absolute Gasteiger partial charge is 0.353 e. The van der Waals surface area contributed by atoms with Crippen molar-refractivity contribution in [1.82, 2.24) is 15.6 Å². The summed E-state index contributed by atoms with van der Waals surface area (Å²) >= 11 is 1.68. The number of nitrogens with one attached hydrogen (secondary N) is 2. The van der Waals surface area contributed by atoms with Crippen molar-refractivity contribution in [1.29, 1.82) is 0 Å². The van der Waals surface area contributed by atoms with Crippen molar-refractivity contribution >= 4 is 27.1 Å². The maximum Gasteiger partial charge on any atom is 0.191 e. The quantitative estimate of drug-likeness (QED) is 0.626. The maximum atomic E-state index is 11.4. The second kappa shape index (κ2) is 6.53. The summed E-state index contributed by atoms with van der Waals surface area (Å²) in [6.07, 6.45) is 3.52. The van der Waals surface area contributed by atoms with Crippen molar-refractivity contribution in [2.45, 2.75) is 32.4 Å². The standard InChI is InChI=1S/C12H20N4O2S2/c1-3-10-6-14-11(19-10)7-15-12(13-2)16-9-4-5-20(17,18)8-9/h6,9H,3-5,7-8H2,1-2H3,(H2,13,15,16). The molecule has 2 N–H and O–H groups in total. The van der Waals surface area contributed by atoms with E-state index < -0.39 is 9.84 Å². The molecule has 1 saturated heterocycles. The highest BCUT2D eigenvalue weighted by Crippen LogP contribution is 2.13. The highest BCUT2D eigenvalue weighted by Gasteiger charge is 2.28. The van der Waals surface area contributed by atoms with Gasteiger partial charge in [-0.1, -0.05) is 6.92 Å². The van der Waals surface area contributed by atoms with Crippen LogP contribution in [0.25, 0.3) is 0 Å². The first-order valence-electron chi connectivity index (χ1n) is 6.63. The monoisotopic (exact) mass is 316 g/mol. The summed E-state index contributed by atoms with van der Waals surface area (Å²) in [4.78, 5) is 9.70. The molecule has 1 aliphatic rings. The minimum absolute atomic E-state index is 0.0475. The lowest BCUT2D eigenvalue weighted by molar-refractivity contribution is 0.599. The highest BCUT2D eigenvalue weighted by molar-refractivity contribution is 7.91. The number of hydrogen-bond acceptors (Lipinski definition) is 5. The molecule has 1 aromatic rings. The first kappa shape index (κ1) is 15.2. The molecule has 2 heterocycles. The van der Waals surface area contributed by atoms with Crippen molar-refractivity contribution in [2.75, 3.05) is 18.6 Å². The molecule has 2 rings (SSSR count). The van der Waals surface area contributed by atoms with Crippen LogP contribution in [0.4, 0.5) is 0 Å². The van der Waals surface area contributed by atoms with Crippen molar-refractivity contribution < 1.29 is 8.42 Å². The molecule has 0 bridgehead atoms. The van der Waals surface area contributed by atoms with Gasteiger partial charge >= 0.3 is 0 Å². The van der Waals surface area contributed by atoms with Gasteiger partial charge in [0.05, 0.1) is 18.1 Å². The van der Waals surface area contributed by atoms with E-state index in [1.54, 1.807) is 18.4 Å². The van der Waals surface area contributed by atoms with E-state index in [9.17, 15) is 8.42 Å². The van der Waals surface area contributed by atoms with Gasteiger partial charge in [0.1, 0.15) is 5.01 Å². The molecule has 0 saturated carbocycles. The first-order chi connectivity index (χ1) is 9.52. The van der Waals surface area contributed by atoms with Crippen LogP contribution in [0.3, 0.4) is 0 Å². The van der Waals surface area contributed by atoms with Crippen LogP contribution in [-0.2, 0) is 22.8 Å². The van der Waals surface area contributed by atoms with Crippen LogP contribution in [-0.4, -0.2) is 44.0 Å². The van der Waals surface area contributed by atoms with Crippen molar-refractivity contribution in [3.8, 4) is 0 Å². The molecule has 0 amide bonds. The third-order valence-electron chi connectivity index (χ3n) is 3.15. The summed E-state index contributed by atoms with van der Waals surface area (Å²) in [5.74, 6) is 1.07. The van der Waals surface area contributed by atoms with Gasteiger partial charge in [-0.2, -0.15) is 0 Å². The number of rotatable bonds is 4. The van der Waals surface area contributed by atoms with Crippen LogP contribution in [0.1, 0.15) is 23.2 Å². The number of aryl methyl sites for hydroxylation is 1. The van der Waals surface area contributed by atoms with Crippen molar-refractivity contribution in [2.24, 2.45) is 4.99 Å². The van der Waals surface area contributed by atoms with Crippen LogP contribution in [0.5, 0.6) is 0 Å². The lowest BCUT2D eigenvalue weighted by Gasteiger charge is -2.15. The predicted molar refractivity (Wildman–Crippen MR) is 81.9 cm³/mol. The average Bonchev–Trinajstić information content (AvgIpc) is 3.00. The fraction of sp³-hybridized carbons (Fsp3) is 0.667. The summed E-state index contributed by atoms with van der Waals surface area (Å²) in [6.45, 7) is 2.70. The van der Waals surface area contributed by atoms with E-state index in [1.165, 1.54) is 4.88 Å². The lowest BCUT2D eigenvalue weighted by Crippen LogP contribution is -2.43. The SMILES string of the molecule is CCc1cnc(CNC(=NC)NC2CCS(=O)(=O)C2)s1. The van der Waals surface area contributed by atoms with E-state index in [2.05, 4.69) is 27.5 Å². The zero-order chi connectivity index (χ0) is 14.6. The molecule has 8 heteroatoms. The van der Waals surface area contributed by atoms with Crippen LogP contribution < -0.4 is 10.6 Å². The molecule has 1 unspecified atom stereocenters. The Morgan fingerprint density at radius 2 is 2.40 bits per heavy atom. The van der Waals surface area contributed by atoms with Crippen LogP contribution in [0, 0.1) is 0 Å². The van der Waals surface area contributed by atoms with Gasteiger partial charge in [-0.15, -0.1) is 11.3 Å². The minimum atomic E-state index is -2.87. The second-order valence-electron chi connectivity index (χ2n) is 4.74. The Balaban J connectivity index is 1.84. The lowest BCUT2D eigenvalue weighted by atomic mass is 10.3. The average molecular weight is 316 g/mol. The molecule has 112 valence electrons. The highest BCUT2D eigenvalue weighted by atomic mass is 32.2. The Hall–Kier alpha value is -1.15. The Labute approximate surface area is 123 Å². The molecule has 0 spiro atoms. The number of nitrogens with zero attached hydrogens (tertiary/aromatic N) is 2. The molecule has 1 fully saturated rings. The number of aliphatic imine (C=N–C) groups is 1. The minimum Gasteiger partial charge on any atom is -0.353 e. The van der Waals surface area contributed by atoms with Crippen molar-refractivity contribution in [3.05, 3.63) is 16.1 Å². The smallest absolute Gasteiger partial charge is 0.191 e. The number of thiazole rings is 1. The summed E-state index contributed by atoms with van der Waals surface area (Å²) in [6, 6.07) is -0.0475. The Kier molecular flexibility index (Phi) is 4.98. The fourth-order valence-electron chi connectivity index (χ4n) is 2.05. The van der Waals surface area contributed by atoms with E-state index in [4.69, 9.17) is 0 Å². The molecule has 1 aromatic heterocycles. The molecule has 0 aliphatic carbocycles. The molecule has 0 aromatic carbocycles. The van der Waals surface area contributed by atoms with Gasteiger partial charge in [0.2, 0.25) is 0 Å². The van der Waals surface area contributed by atoms with E-state index in [-0.39, 0.29) is 17.5 Å². The van der Waals surface area contributed by atoms with Crippen LogP contribution in [0.15, 0.2) is 11.2 Å². The van der Waals surface area contributed by atoms with Gasteiger partial charge < -0.3 is 10.6 Å². The number of hydrogen-bond donors (Lipinski definition) is 2. The van der Waals surface area contributed by atoms with Gasteiger partial charge in [0, 0.05) is 24.2 Å². The van der Waals surface area contributed by atoms with Gasteiger partial charge in [-0.25, -0.2) is 13.4 Å².